The zero-order valence-electron chi connectivity index (χ0n) is 8.29. The molecular formula is C10H12N4O. The molecule has 1 aromatic rings. The van der Waals surface area contributed by atoms with Crippen LogP contribution in [0.5, 0.6) is 0 Å². The van der Waals surface area contributed by atoms with E-state index in [0.717, 1.165) is 25.1 Å². The van der Waals surface area contributed by atoms with Gasteiger partial charge in [0.25, 0.3) is 0 Å². The molecule has 0 atom stereocenters. The van der Waals surface area contributed by atoms with Crippen molar-refractivity contribution in [3.8, 4) is 0 Å². The SMILES string of the molecule is O=C1Nc2cncnc2NCC12CCC2. The second-order valence-electron chi connectivity index (χ2n) is 4.23. The van der Waals surface area contributed by atoms with E-state index in [1.165, 1.54) is 6.33 Å². The van der Waals surface area contributed by atoms with Gasteiger partial charge in [0.15, 0.2) is 5.82 Å². The van der Waals surface area contributed by atoms with Crippen LogP contribution in [0.1, 0.15) is 19.3 Å². The van der Waals surface area contributed by atoms with Crippen molar-refractivity contribution >= 4 is 17.4 Å². The van der Waals surface area contributed by atoms with Gasteiger partial charge in [-0.05, 0) is 12.8 Å². The summed E-state index contributed by atoms with van der Waals surface area (Å²) in [5.41, 5.74) is 0.479. The molecule has 2 heterocycles. The molecule has 1 aliphatic heterocycles. The minimum atomic E-state index is -0.208. The minimum Gasteiger partial charge on any atom is -0.367 e. The first-order valence-electron chi connectivity index (χ1n) is 5.16. The number of fused-ring (bicyclic) bond motifs is 1. The molecule has 1 fully saturated rings. The van der Waals surface area contributed by atoms with Crippen LogP contribution in [0.4, 0.5) is 11.5 Å². The molecule has 0 aromatic carbocycles. The Balaban J connectivity index is 1.96. The van der Waals surface area contributed by atoms with Gasteiger partial charge in [-0.15, -0.1) is 0 Å². The molecule has 1 spiro atoms. The maximum absolute atomic E-state index is 12.0. The quantitative estimate of drug-likeness (QED) is 0.662. The lowest BCUT2D eigenvalue weighted by Crippen LogP contribution is -2.45. The fourth-order valence-electron chi connectivity index (χ4n) is 2.16. The molecule has 0 radical (unpaired) electrons. The molecule has 0 saturated heterocycles. The summed E-state index contributed by atoms with van der Waals surface area (Å²) in [7, 11) is 0. The van der Waals surface area contributed by atoms with Crippen LogP contribution in [0.25, 0.3) is 0 Å². The highest BCUT2D eigenvalue weighted by Crippen LogP contribution is 2.43. The highest BCUT2D eigenvalue weighted by molar-refractivity contribution is 5.99. The first-order chi connectivity index (χ1) is 7.30. The van der Waals surface area contributed by atoms with E-state index in [1.807, 2.05) is 0 Å². The molecule has 1 amide bonds. The molecule has 15 heavy (non-hydrogen) atoms. The predicted molar refractivity (Wildman–Crippen MR) is 55.4 cm³/mol. The van der Waals surface area contributed by atoms with Gasteiger partial charge in [0.1, 0.15) is 12.0 Å². The highest BCUT2D eigenvalue weighted by Gasteiger charge is 2.45. The first kappa shape index (κ1) is 8.64. The number of aromatic nitrogens is 2. The van der Waals surface area contributed by atoms with E-state index in [4.69, 9.17) is 0 Å². The lowest BCUT2D eigenvalue weighted by atomic mass is 9.68. The Morgan fingerprint density at radius 1 is 1.40 bits per heavy atom. The molecule has 1 aliphatic carbocycles. The zero-order valence-corrected chi connectivity index (χ0v) is 8.29. The number of nitrogens with one attached hydrogen (secondary N) is 2. The average molecular weight is 204 g/mol. The lowest BCUT2D eigenvalue weighted by molar-refractivity contribution is -0.129. The van der Waals surface area contributed by atoms with Gasteiger partial charge < -0.3 is 10.6 Å². The third-order valence-corrected chi connectivity index (χ3v) is 3.35. The van der Waals surface area contributed by atoms with Crippen LogP contribution >= 0.6 is 0 Å². The Kier molecular flexibility index (Phi) is 1.68. The van der Waals surface area contributed by atoms with Crippen molar-refractivity contribution in [3.05, 3.63) is 12.5 Å². The highest BCUT2D eigenvalue weighted by atomic mass is 16.2. The molecule has 0 unspecified atom stereocenters. The number of carbonyl (C=O) groups is 1. The number of rotatable bonds is 0. The number of nitrogens with zero attached hydrogens (tertiary/aromatic N) is 2. The van der Waals surface area contributed by atoms with Gasteiger partial charge in [0, 0.05) is 6.54 Å². The summed E-state index contributed by atoms with van der Waals surface area (Å²) in [5.74, 6) is 0.830. The smallest absolute Gasteiger partial charge is 0.232 e. The van der Waals surface area contributed by atoms with E-state index in [0.29, 0.717) is 12.2 Å². The molecule has 2 aliphatic rings. The predicted octanol–water partition coefficient (Wildman–Crippen LogP) is 1.01. The van der Waals surface area contributed by atoms with Gasteiger partial charge in [-0.1, -0.05) is 6.42 Å². The number of hydrogen-bond acceptors (Lipinski definition) is 4. The fraction of sp³-hybridized carbons (Fsp3) is 0.500. The van der Waals surface area contributed by atoms with Crippen molar-refractivity contribution in [2.24, 2.45) is 5.41 Å². The number of anilines is 2. The van der Waals surface area contributed by atoms with E-state index in [1.54, 1.807) is 6.20 Å². The van der Waals surface area contributed by atoms with E-state index >= 15 is 0 Å². The monoisotopic (exact) mass is 204 g/mol. The molecule has 78 valence electrons. The van der Waals surface area contributed by atoms with Crippen molar-refractivity contribution in [1.82, 2.24) is 9.97 Å². The summed E-state index contributed by atoms with van der Waals surface area (Å²) in [6, 6.07) is 0. The molecule has 5 nitrogen and oxygen atoms in total. The lowest BCUT2D eigenvalue weighted by Gasteiger charge is -2.38. The van der Waals surface area contributed by atoms with E-state index in [-0.39, 0.29) is 11.3 Å². The Labute approximate surface area is 87.3 Å². The molecule has 1 saturated carbocycles. The number of carbonyl (C=O) groups excluding carboxylic acids is 1. The average Bonchev–Trinajstić information content (AvgIpc) is 2.32. The van der Waals surface area contributed by atoms with Crippen molar-refractivity contribution < 1.29 is 4.79 Å². The van der Waals surface area contributed by atoms with Crippen LogP contribution in [0.2, 0.25) is 0 Å². The molecule has 3 rings (SSSR count). The summed E-state index contributed by atoms with van der Waals surface area (Å²) in [6.07, 6.45) is 6.18. The summed E-state index contributed by atoms with van der Waals surface area (Å²) in [4.78, 5) is 20.0. The maximum Gasteiger partial charge on any atom is 0.232 e. The Bertz CT molecular complexity index is 414. The van der Waals surface area contributed by atoms with E-state index < -0.39 is 0 Å². The van der Waals surface area contributed by atoms with Gasteiger partial charge in [-0.3, -0.25) is 4.79 Å². The van der Waals surface area contributed by atoms with E-state index in [9.17, 15) is 4.79 Å². The fourth-order valence-corrected chi connectivity index (χ4v) is 2.16. The Morgan fingerprint density at radius 3 is 3.00 bits per heavy atom. The second-order valence-corrected chi connectivity index (χ2v) is 4.23. The largest absolute Gasteiger partial charge is 0.367 e. The van der Waals surface area contributed by atoms with Crippen LogP contribution in [-0.4, -0.2) is 22.4 Å². The topological polar surface area (TPSA) is 66.9 Å². The third kappa shape index (κ3) is 1.19. The van der Waals surface area contributed by atoms with Crippen molar-refractivity contribution in [2.75, 3.05) is 17.2 Å². The summed E-state index contributed by atoms with van der Waals surface area (Å²) < 4.78 is 0. The Morgan fingerprint density at radius 2 is 2.27 bits per heavy atom. The Hall–Kier alpha value is -1.65. The minimum absolute atomic E-state index is 0.106. The molecule has 5 heteroatoms. The number of hydrogen-bond donors (Lipinski definition) is 2. The molecular weight excluding hydrogens is 192 g/mol. The standard InChI is InChI=1S/C10H12N4O/c15-9-10(2-1-3-10)5-12-8-7(14-9)4-11-6-13-8/h4,6H,1-3,5H2,(H,14,15)(H,11,12,13). The first-order valence-corrected chi connectivity index (χ1v) is 5.16. The number of amides is 1. The molecule has 0 bridgehead atoms. The van der Waals surface area contributed by atoms with Gasteiger partial charge in [0.05, 0.1) is 11.6 Å². The summed E-state index contributed by atoms with van der Waals surface area (Å²) in [6.45, 7) is 0.683. The van der Waals surface area contributed by atoms with E-state index in [2.05, 4.69) is 20.6 Å². The van der Waals surface area contributed by atoms with Crippen LogP contribution < -0.4 is 10.6 Å². The van der Waals surface area contributed by atoms with Crippen LogP contribution in [-0.2, 0) is 4.79 Å². The van der Waals surface area contributed by atoms with Crippen LogP contribution in [0.15, 0.2) is 12.5 Å². The van der Waals surface area contributed by atoms with Crippen molar-refractivity contribution in [3.63, 3.8) is 0 Å². The van der Waals surface area contributed by atoms with Gasteiger partial charge in [-0.2, -0.15) is 0 Å². The zero-order chi connectivity index (χ0) is 10.3. The van der Waals surface area contributed by atoms with Crippen LogP contribution in [0.3, 0.4) is 0 Å². The summed E-state index contributed by atoms with van der Waals surface area (Å²) >= 11 is 0. The summed E-state index contributed by atoms with van der Waals surface area (Å²) in [5, 5.41) is 6.10. The van der Waals surface area contributed by atoms with Crippen LogP contribution in [0, 0.1) is 5.41 Å². The van der Waals surface area contributed by atoms with Crippen molar-refractivity contribution in [1.29, 1.82) is 0 Å². The van der Waals surface area contributed by atoms with Gasteiger partial charge in [-0.25, -0.2) is 9.97 Å². The van der Waals surface area contributed by atoms with Gasteiger partial charge >= 0.3 is 0 Å². The third-order valence-electron chi connectivity index (χ3n) is 3.35. The molecule has 1 aromatic heterocycles. The van der Waals surface area contributed by atoms with Gasteiger partial charge in [0.2, 0.25) is 5.91 Å². The second kappa shape index (κ2) is 2.92. The maximum atomic E-state index is 12.0. The normalized spacial score (nSPS) is 22.0. The van der Waals surface area contributed by atoms with Crippen molar-refractivity contribution in [2.45, 2.75) is 19.3 Å². The molecule has 2 N–H and O–H groups in total.